The van der Waals surface area contributed by atoms with Crippen LogP contribution in [-0.4, -0.2) is 30.4 Å². The molecule has 1 aromatic heterocycles. The molecule has 2 amide bonds. The second-order valence-corrected chi connectivity index (χ2v) is 7.51. The fraction of sp³-hybridized carbons (Fsp3) is 0.280. The minimum Gasteiger partial charge on any atom is -0.493 e. The quantitative estimate of drug-likeness (QED) is 0.549. The van der Waals surface area contributed by atoms with Gasteiger partial charge in [0.15, 0.2) is 11.5 Å². The number of nitrogens with one attached hydrogen (secondary N) is 1. The molecule has 1 N–H and O–H groups in total. The lowest BCUT2D eigenvalue weighted by Crippen LogP contribution is -2.34. The largest absolute Gasteiger partial charge is 0.493 e. The lowest BCUT2D eigenvalue weighted by Gasteiger charge is -2.28. The Labute approximate surface area is 186 Å². The van der Waals surface area contributed by atoms with Gasteiger partial charge < -0.3 is 24.1 Å². The zero-order valence-electron chi connectivity index (χ0n) is 18.2. The van der Waals surface area contributed by atoms with Crippen LogP contribution in [0.4, 0.5) is 0 Å². The van der Waals surface area contributed by atoms with Crippen molar-refractivity contribution in [2.75, 3.05) is 13.7 Å². The van der Waals surface area contributed by atoms with E-state index in [4.69, 9.17) is 13.9 Å². The summed E-state index contributed by atoms with van der Waals surface area (Å²) < 4.78 is 16.4. The fourth-order valence-electron chi connectivity index (χ4n) is 3.95. The molecule has 0 saturated carbocycles. The van der Waals surface area contributed by atoms with Crippen LogP contribution in [0.1, 0.15) is 46.6 Å². The minimum absolute atomic E-state index is 0.0858. The van der Waals surface area contributed by atoms with Crippen molar-refractivity contribution >= 4 is 11.8 Å². The Morgan fingerprint density at radius 1 is 1.16 bits per heavy atom. The van der Waals surface area contributed by atoms with Gasteiger partial charge in [-0.2, -0.15) is 0 Å². The number of carbonyl (C=O) groups excluding carboxylic acids is 2. The molecule has 0 spiro atoms. The van der Waals surface area contributed by atoms with Gasteiger partial charge in [0.05, 0.1) is 39.0 Å². The average Bonchev–Trinajstić information content (AvgIpc) is 3.45. The van der Waals surface area contributed by atoms with E-state index in [9.17, 15) is 9.59 Å². The third-order valence-corrected chi connectivity index (χ3v) is 5.52. The molecule has 0 saturated heterocycles. The first-order chi connectivity index (χ1) is 15.6. The van der Waals surface area contributed by atoms with Crippen molar-refractivity contribution in [2.24, 2.45) is 0 Å². The number of benzene rings is 2. The highest BCUT2D eigenvalue weighted by atomic mass is 16.5. The van der Waals surface area contributed by atoms with Crippen molar-refractivity contribution in [1.29, 1.82) is 0 Å². The van der Waals surface area contributed by atoms with Crippen LogP contribution in [-0.2, 0) is 17.9 Å². The summed E-state index contributed by atoms with van der Waals surface area (Å²) in [5.74, 6) is 1.59. The fourth-order valence-corrected chi connectivity index (χ4v) is 3.95. The highest BCUT2D eigenvalue weighted by Crippen LogP contribution is 2.37. The number of fused-ring (bicyclic) bond motifs is 1. The summed E-state index contributed by atoms with van der Waals surface area (Å²) in [5.41, 5.74) is 2.43. The molecule has 0 unspecified atom stereocenters. The number of ether oxygens (including phenoxy) is 2. The summed E-state index contributed by atoms with van der Waals surface area (Å²) in [4.78, 5) is 27.8. The van der Waals surface area contributed by atoms with E-state index in [1.165, 1.54) is 0 Å². The topological polar surface area (TPSA) is 81.0 Å². The van der Waals surface area contributed by atoms with Gasteiger partial charge in [0.25, 0.3) is 5.91 Å². The molecule has 0 radical (unpaired) electrons. The number of furan rings is 1. The first-order valence-electron chi connectivity index (χ1n) is 10.6. The van der Waals surface area contributed by atoms with E-state index in [1.807, 2.05) is 49.4 Å². The van der Waals surface area contributed by atoms with E-state index in [-0.39, 0.29) is 18.2 Å². The Hall–Kier alpha value is -3.74. The normalized spacial score (nSPS) is 13.6. The van der Waals surface area contributed by atoms with Crippen LogP contribution in [0.2, 0.25) is 0 Å². The van der Waals surface area contributed by atoms with Crippen molar-refractivity contribution in [2.45, 2.75) is 32.5 Å². The molecule has 7 nitrogen and oxygen atoms in total. The molecule has 3 aromatic rings. The number of methoxy groups -OCH3 is 1. The molecule has 0 fully saturated rings. The second kappa shape index (κ2) is 9.60. The van der Waals surface area contributed by atoms with Crippen molar-refractivity contribution in [3.63, 3.8) is 0 Å². The number of rotatable bonds is 9. The Morgan fingerprint density at radius 3 is 2.72 bits per heavy atom. The predicted molar refractivity (Wildman–Crippen MR) is 118 cm³/mol. The first kappa shape index (κ1) is 21.5. The van der Waals surface area contributed by atoms with Crippen LogP contribution >= 0.6 is 0 Å². The van der Waals surface area contributed by atoms with Crippen LogP contribution in [0.3, 0.4) is 0 Å². The molecule has 1 atom stereocenters. The van der Waals surface area contributed by atoms with Gasteiger partial charge in [-0.25, -0.2) is 0 Å². The summed E-state index contributed by atoms with van der Waals surface area (Å²) >= 11 is 0. The van der Waals surface area contributed by atoms with Gasteiger partial charge in [-0.1, -0.05) is 24.3 Å². The van der Waals surface area contributed by atoms with Crippen molar-refractivity contribution in [1.82, 2.24) is 10.2 Å². The van der Waals surface area contributed by atoms with Crippen LogP contribution in [0.15, 0.2) is 65.3 Å². The third kappa shape index (κ3) is 4.46. The Morgan fingerprint density at radius 2 is 2.00 bits per heavy atom. The van der Waals surface area contributed by atoms with Crippen LogP contribution in [0.25, 0.3) is 0 Å². The van der Waals surface area contributed by atoms with Gasteiger partial charge in [0.1, 0.15) is 5.76 Å². The molecule has 1 aliphatic heterocycles. The van der Waals surface area contributed by atoms with E-state index in [0.717, 1.165) is 11.1 Å². The predicted octanol–water partition coefficient (Wildman–Crippen LogP) is 4.09. The van der Waals surface area contributed by atoms with E-state index in [0.29, 0.717) is 42.5 Å². The van der Waals surface area contributed by atoms with Crippen LogP contribution in [0.5, 0.6) is 11.5 Å². The van der Waals surface area contributed by atoms with Gasteiger partial charge >= 0.3 is 0 Å². The number of nitrogens with zero attached hydrogens (tertiary/aromatic N) is 1. The van der Waals surface area contributed by atoms with E-state index in [1.54, 1.807) is 30.4 Å². The Kier molecular flexibility index (Phi) is 6.44. The molecular formula is C25H26N2O5. The zero-order chi connectivity index (χ0) is 22.5. The summed E-state index contributed by atoms with van der Waals surface area (Å²) in [6.07, 6.45) is 1.67. The average molecular weight is 434 g/mol. The maximum atomic E-state index is 13.2. The van der Waals surface area contributed by atoms with Crippen LogP contribution < -0.4 is 14.8 Å². The number of carbonyl (C=O) groups is 2. The SMILES string of the molecule is CCOc1ccc([C@H](CC(=O)NCc2ccco2)N2Cc3ccccc3C2=O)cc1OC. The summed E-state index contributed by atoms with van der Waals surface area (Å²) in [5, 5.41) is 2.88. The van der Waals surface area contributed by atoms with Crippen molar-refractivity contribution < 1.29 is 23.5 Å². The lowest BCUT2D eigenvalue weighted by molar-refractivity contribution is -0.122. The molecule has 2 aromatic carbocycles. The maximum Gasteiger partial charge on any atom is 0.255 e. The minimum atomic E-state index is -0.462. The molecule has 7 heteroatoms. The number of hydrogen-bond acceptors (Lipinski definition) is 5. The first-order valence-corrected chi connectivity index (χ1v) is 10.6. The van der Waals surface area contributed by atoms with Crippen LogP contribution in [0, 0.1) is 0 Å². The summed E-state index contributed by atoms with van der Waals surface area (Å²) in [6.45, 7) is 3.15. The van der Waals surface area contributed by atoms with Crippen molar-refractivity contribution in [3.05, 3.63) is 83.3 Å². The highest BCUT2D eigenvalue weighted by molar-refractivity contribution is 5.98. The van der Waals surface area contributed by atoms with Gasteiger partial charge in [-0.05, 0) is 48.4 Å². The molecule has 32 heavy (non-hydrogen) atoms. The molecule has 4 rings (SSSR count). The highest BCUT2D eigenvalue weighted by Gasteiger charge is 2.34. The second-order valence-electron chi connectivity index (χ2n) is 7.51. The molecule has 1 aliphatic rings. The molecule has 166 valence electrons. The molecule has 0 bridgehead atoms. The molecular weight excluding hydrogens is 408 g/mol. The third-order valence-electron chi connectivity index (χ3n) is 5.52. The summed E-state index contributed by atoms with van der Waals surface area (Å²) in [6, 6.07) is 16.2. The molecule has 2 heterocycles. The van der Waals surface area contributed by atoms with Gasteiger partial charge in [0.2, 0.25) is 5.91 Å². The number of amides is 2. The zero-order valence-corrected chi connectivity index (χ0v) is 18.2. The Bertz CT molecular complexity index is 1090. The smallest absolute Gasteiger partial charge is 0.255 e. The van der Waals surface area contributed by atoms with E-state index < -0.39 is 6.04 Å². The van der Waals surface area contributed by atoms with E-state index in [2.05, 4.69) is 5.32 Å². The standard InChI is InChI=1S/C25H26N2O5/c1-3-31-22-11-10-17(13-23(22)30-2)21(14-24(28)26-15-19-8-6-12-32-19)27-16-18-7-4-5-9-20(18)25(27)29/h4-13,21H,3,14-16H2,1-2H3,(H,26,28)/t21-/m0/s1. The van der Waals surface area contributed by atoms with E-state index >= 15 is 0 Å². The van der Waals surface area contributed by atoms with Gasteiger partial charge in [-0.3, -0.25) is 9.59 Å². The lowest BCUT2D eigenvalue weighted by atomic mass is 10.0. The number of hydrogen-bond donors (Lipinski definition) is 1. The van der Waals surface area contributed by atoms with Gasteiger partial charge in [0, 0.05) is 12.1 Å². The molecule has 0 aliphatic carbocycles. The van der Waals surface area contributed by atoms with Crippen molar-refractivity contribution in [3.8, 4) is 11.5 Å². The van der Waals surface area contributed by atoms with Gasteiger partial charge in [-0.15, -0.1) is 0 Å². The maximum absolute atomic E-state index is 13.2. The summed E-state index contributed by atoms with van der Waals surface area (Å²) in [7, 11) is 1.57. The Balaban J connectivity index is 1.61. The monoisotopic (exact) mass is 434 g/mol.